The number of hydrogen-bond acceptors (Lipinski definition) is 3. The van der Waals surface area contributed by atoms with E-state index in [1.54, 1.807) is 17.9 Å². The Labute approximate surface area is 185 Å². The zero-order chi connectivity index (χ0) is 22.6. The van der Waals surface area contributed by atoms with Crippen LogP contribution in [0.25, 0.3) is 11.1 Å². The molecule has 0 bridgehead atoms. The Morgan fingerprint density at radius 1 is 1.13 bits per heavy atom. The maximum absolute atomic E-state index is 14.3. The van der Waals surface area contributed by atoms with Gasteiger partial charge in [0, 0.05) is 24.7 Å². The summed E-state index contributed by atoms with van der Waals surface area (Å²) in [6, 6.07) is 7.39. The number of sulfonamides is 1. The minimum atomic E-state index is -3.33. The third-order valence-electron chi connectivity index (χ3n) is 5.22. The van der Waals surface area contributed by atoms with Crippen LogP contribution in [0.2, 0.25) is 5.02 Å². The first-order valence-corrected chi connectivity index (χ1v) is 12.0. The Morgan fingerprint density at radius 2 is 1.81 bits per heavy atom. The van der Waals surface area contributed by atoms with E-state index in [4.69, 9.17) is 11.6 Å². The molecule has 6 nitrogen and oxygen atoms in total. The molecule has 31 heavy (non-hydrogen) atoms. The lowest BCUT2D eigenvalue weighted by Gasteiger charge is -2.23. The second kappa shape index (κ2) is 9.93. The Morgan fingerprint density at radius 3 is 2.48 bits per heavy atom. The molecular formula is C21H24ClF2N3O3S. The van der Waals surface area contributed by atoms with Crippen LogP contribution < -0.4 is 10.0 Å². The number of carbonyl (C=O) groups is 1. The Balaban J connectivity index is 1.78. The standard InChI is InChI=1S/C21H24ClF2N3O3S/c1-2-31(29,30)26-14-6-5-12-27(13-11-14)21(28)25-20-15(7-3-8-16(20)22)19-17(23)9-4-10-18(19)24/h3-4,7-10,14,26H,2,5-6,11-13H2,1H3,(H,25,28)/t14-/m0/s1. The number of rotatable bonds is 5. The molecule has 1 aliphatic heterocycles. The van der Waals surface area contributed by atoms with E-state index in [0.717, 1.165) is 12.1 Å². The van der Waals surface area contributed by atoms with Crippen molar-refractivity contribution in [2.75, 3.05) is 24.2 Å². The summed E-state index contributed by atoms with van der Waals surface area (Å²) >= 11 is 6.26. The van der Waals surface area contributed by atoms with E-state index >= 15 is 0 Å². The van der Waals surface area contributed by atoms with Crippen LogP contribution in [0.3, 0.4) is 0 Å². The molecule has 1 fully saturated rings. The number of anilines is 1. The van der Waals surface area contributed by atoms with Crippen molar-refractivity contribution in [3.63, 3.8) is 0 Å². The van der Waals surface area contributed by atoms with Crippen LogP contribution in [0.15, 0.2) is 36.4 Å². The molecule has 1 aliphatic rings. The second-order valence-electron chi connectivity index (χ2n) is 7.33. The van der Waals surface area contributed by atoms with Crippen molar-refractivity contribution in [1.82, 2.24) is 9.62 Å². The number of carbonyl (C=O) groups excluding carboxylic acids is 1. The van der Waals surface area contributed by atoms with Gasteiger partial charge in [0.2, 0.25) is 10.0 Å². The van der Waals surface area contributed by atoms with Crippen molar-refractivity contribution < 1.29 is 22.0 Å². The van der Waals surface area contributed by atoms with Crippen LogP contribution >= 0.6 is 11.6 Å². The van der Waals surface area contributed by atoms with Crippen molar-refractivity contribution >= 4 is 33.3 Å². The number of benzene rings is 2. The third-order valence-corrected chi connectivity index (χ3v) is 6.99. The highest BCUT2D eigenvalue weighted by atomic mass is 35.5. The van der Waals surface area contributed by atoms with Gasteiger partial charge in [0.25, 0.3) is 0 Å². The fourth-order valence-electron chi connectivity index (χ4n) is 3.56. The lowest BCUT2D eigenvalue weighted by atomic mass is 10.0. The molecule has 0 aromatic heterocycles. The highest BCUT2D eigenvalue weighted by Crippen LogP contribution is 2.37. The number of amides is 2. The summed E-state index contributed by atoms with van der Waals surface area (Å²) in [6.45, 7) is 2.32. The van der Waals surface area contributed by atoms with Crippen molar-refractivity contribution in [1.29, 1.82) is 0 Å². The number of nitrogens with zero attached hydrogens (tertiary/aromatic N) is 1. The molecule has 168 valence electrons. The summed E-state index contributed by atoms with van der Waals surface area (Å²) in [5.41, 5.74) is -0.0179. The summed E-state index contributed by atoms with van der Waals surface area (Å²) in [4.78, 5) is 14.5. The fourth-order valence-corrected chi connectivity index (χ4v) is 4.69. The first kappa shape index (κ1) is 23.4. The molecule has 0 saturated carbocycles. The van der Waals surface area contributed by atoms with Crippen LogP contribution in [0.4, 0.5) is 19.3 Å². The summed E-state index contributed by atoms with van der Waals surface area (Å²) in [5.74, 6) is -1.53. The van der Waals surface area contributed by atoms with Crippen molar-refractivity contribution in [3.05, 3.63) is 53.1 Å². The fraction of sp³-hybridized carbons (Fsp3) is 0.381. The summed E-state index contributed by atoms with van der Waals surface area (Å²) in [7, 11) is -3.33. The average Bonchev–Trinajstić information content (AvgIpc) is 2.95. The number of nitrogens with one attached hydrogen (secondary N) is 2. The van der Waals surface area contributed by atoms with Crippen LogP contribution in [-0.4, -0.2) is 44.2 Å². The van der Waals surface area contributed by atoms with E-state index in [-0.39, 0.29) is 33.6 Å². The topological polar surface area (TPSA) is 78.5 Å². The quantitative estimate of drug-likeness (QED) is 0.668. The summed E-state index contributed by atoms with van der Waals surface area (Å²) in [5, 5.41) is 2.84. The molecular weight excluding hydrogens is 448 g/mol. The zero-order valence-corrected chi connectivity index (χ0v) is 18.6. The number of halogens is 3. The predicted molar refractivity (Wildman–Crippen MR) is 118 cm³/mol. The van der Waals surface area contributed by atoms with Gasteiger partial charge in [-0.25, -0.2) is 26.7 Å². The van der Waals surface area contributed by atoms with E-state index in [0.29, 0.717) is 32.4 Å². The number of likely N-dealkylation sites (tertiary alicyclic amines) is 1. The number of para-hydroxylation sites is 1. The van der Waals surface area contributed by atoms with Gasteiger partial charge in [-0.1, -0.05) is 29.8 Å². The van der Waals surface area contributed by atoms with Crippen molar-refractivity contribution in [2.45, 2.75) is 32.2 Å². The van der Waals surface area contributed by atoms with Crippen LogP contribution in [-0.2, 0) is 10.0 Å². The molecule has 2 N–H and O–H groups in total. The highest BCUT2D eigenvalue weighted by Gasteiger charge is 2.25. The average molecular weight is 472 g/mol. The van der Waals surface area contributed by atoms with Gasteiger partial charge in [-0.2, -0.15) is 0 Å². The van der Waals surface area contributed by atoms with Gasteiger partial charge in [0.1, 0.15) is 11.6 Å². The zero-order valence-electron chi connectivity index (χ0n) is 17.0. The molecule has 0 aliphatic carbocycles. The molecule has 10 heteroatoms. The van der Waals surface area contributed by atoms with E-state index in [9.17, 15) is 22.0 Å². The maximum atomic E-state index is 14.3. The highest BCUT2D eigenvalue weighted by molar-refractivity contribution is 7.89. The molecule has 2 aromatic rings. The first-order chi connectivity index (χ1) is 14.7. The molecule has 0 spiro atoms. The monoisotopic (exact) mass is 471 g/mol. The second-order valence-corrected chi connectivity index (χ2v) is 9.78. The van der Waals surface area contributed by atoms with E-state index in [1.807, 2.05) is 0 Å². The molecule has 1 heterocycles. The number of hydrogen-bond donors (Lipinski definition) is 2. The van der Waals surface area contributed by atoms with Gasteiger partial charge in [-0.15, -0.1) is 0 Å². The first-order valence-electron chi connectivity index (χ1n) is 10.0. The van der Waals surface area contributed by atoms with Gasteiger partial charge in [-0.3, -0.25) is 0 Å². The van der Waals surface area contributed by atoms with Gasteiger partial charge in [-0.05, 0) is 44.4 Å². The normalized spacial score (nSPS) is 17.3. The lowest BCUT2D eigenvalue weighted by Crippen LogP contribution is -2.38. The van der Waals surface area contributed by atoms with Crippen molar-refractivity contribution in [2.24, 2.45) is 0 Å². The largest absolute Gasteiger partial charge is 0.324 e. The van der Waals surface area contributed by atoms with Crippen LogP contribution in [0.5, 0.6) is 0 Å². The Bertz CT molecular complexity index is 1050. The van der Waals surface area contributed by atoms with Crippen LogP contribution in [0.1, 0.15) is 26.2 Å². The molecule has 0 radical (unpaired) electrons. The Kier molecular flexibility index (Phi) is 7.51. The van der Waals surface area contributed by atoms with Gasteiger partial charge < -0.3 is 10.2 Å². The third kappa shape index (κ3) is 5.72. The molecule has 1 saturated heterocycles. The lowest BCUT2D eigenvalue weighted by molar-refractivity contribution is 0.213. The summed E-state index contributed by atoms with van der Waals surface area (Å²) < 4.78 is 55.0. The van der Waals surface area contributed by atoms with E-state index in [1.165, 1.54) is 18.2 Å². The predicted octanol–water partition coefficient (Wildman–Crippen LogP) is 4.61. The maximum Gasteiger partial charge on any atom is 0.321 e. The molecule has 3 rings (SSSR count). The summed E-state index contributed by atoms with van der Waals surface area (Å²) in [6.07, 6.45) is 1.69. The molecule has 2 amide bonds. The number of urea groups is 1. The smallest absolute Gasteiger partial charge is 0.321 e. The van der Waals surface area contributed by atoms with Gasteiger partial charge >= 0.3 is 6.03 Å². The minimum absolute atomic E-state index is 0.00438. The minimum Gasteiger partial charge on any atom is -0.324 e. The molecule has 1 atom stereocenters. The van der Waals surface area contributed by atoms with E-state index < -0.39 is 27.7 Å². The molecule has 2 aromatic carbocycles. The van der Waals surface area contributed by atoms with Crippen molar-refractivity contribution in [3.8, 4) is 11.1 Å². The SMILES string of the molecule is CCS(=O)(=O)N[C@H]1CCCN(C(=O)Nc2c(Cl)cccc2-c2c(F)cccc2F)CC1. The Hall–Kier alpha value is -2.23. The molecule has 0 unspecified atom stereocenters. The van der Waals surface area contributed by atoms with Gasteiger partial charge in [0.15, 0.2) is 0 Å². The van der Waals surface area contributed by atoms with Gasteiger partial charge in [0.05, 0.1) is 22.0 Å². The van der Waals surface area contributed by atoms with E-state index in [2.05, 4.69) is 10.0 Å². The van der Waals surface area contributed by atoms with Crippen LogP contribution in [0, 0.1) is 11.6 Å².